The van der Waals surface area contributed by atoms with Crippen LogP contribution in [0.3, 0.4) is 0 Å². The first kappa shape index (κ1) is 21.7. The van der Waals surface area contributed by atoms with Gasteiger partial charge in [0.25, 0.3) is 0 Å². The molecule has 0 bridgehead atoms. The number of hydrogen-bond acceptors (Lipinski definition) is 3. The molecule has 0 saturated heterocycles. The van der Waals surface area contributed by atoms with Crippen molar-refractivity contribution < 1.29 is 0 Å². The number of aliphatic imine (C=N–C) groups is 1. The largest absolute Gasteiger partial charge is 0.355 e. The highest BCUT2D eigenvalue weighted by Gasteiger charge is 2.29. The van der Waals surface area contributed by atoms with E-state index in [4.69, 9.17) is 0 Å². The summed E-state index contributed by atoms with van der Waals surface area (Å²) >= 11 is 0. The Hall–Kier alpha value is -1.61. The SMILES string of the molecule is CN=C(NCC(C)N(C)C1CC1)N(C)Cc1ncc(-c2ccccc2)[nH]1.I. The van der Waals surface area contributed by atoms with Crippen molar-refractivity contribution in [3.05, 3.63) is 42.4 Å². The lowest BCUT2D eigenvalue weighted by Crippen LogP contribution is -2.45. The number of nitrogens with zero attached hydrogens (tertiary/aromatic N) is 4. The Labute approximate surface area is 179 Å². The molecular weight excluding hydrogens is 451 g/mol. The van der Waals surface area contributed by atoms with Gasteiger partial charge in [0.2, 0.25) is 0 Å². The number of nitrogens with one attached hydrogen (secondary N) is 2. The zero-order valence-electron chi connectivity index (χ0n) is 16.6. The van der Waals surface area contributed by atoms with Crippen LogP contribution >= 0.6 is 24.0 Å². The van der Waals surface area contributed by atoms with E-state index in [9.17, 15) is 0 Å². The van der Waals surface area contributed by atoms with Crippen LogP contribution in [0.2, 0.25) is 0 Å². The molecule has 0 radical (unpaired) electrons. The summed E-state index contributed by atoms with van der Waals surface area (Å²) in [6.07, 6.45) is 4.55. The van der Waals surface area contributed by atoms with E-state index >= 15 is 0 Å². The van der Waals surface area contributed by atoms with Crippen LogP contribution < -0.4 is 5.32 Å². The number of aromatic nitrogens is 2. The van der Waals surface area contributed by atoms with Crippen LogP contribution in [-0.2, 0) is 6.54 Å². The number of hydrogen-bond donors (Lipinski definition) is 2. The lowest BCUT2D eigenvalue weighted by atomic mass is 10.2. The molecule has 27 heavy (non-hydrogen) atoms. The molecule has 3 rings (SSSR count). The number of likely N-dealkylation sites (N-methyl/N-ethyl adjacent to an activating group) is 1. The van der Waals surface area contributed by atoms with Gasteiger partial charge in [-0.1, -0.05) is 30.3 Å². The van der Waals surface area contributed by atoms with Gasteiger partial charge in [-0.15, -0.1) is 24.0 Å². The van der Waals surface area contributed by atoms with Gasteiger partial charge in [0.15, 0.2) is 5.96 Å². The highest BCUT2D eigenvalue weighted by molar-refractivity contribution is 14.0. The zero-order valence-corrected chi connectivity index (χ0v) is 19.0. The molecule has 2 N–H and O–H groups in total. The van der Waals surface area contributed by atoms with Crippen LogP contribution in [-0.4, -0.2) is 65.5 Å². The predicted octanol–water partition coefficient (Wildman–Crippen LogP) is 3.18. The second-order valence-electron chi connectivity index (χ2n) is 7.14. The molecule has 0 spiro atoms. The maximum Gasteiger partial charge on any atom is 0.193 e. The Morgan fingerprint density at radius 1 is 1.30 bits per heavy atom. The normalized spacial score (nSPS) is 15.4. The summed E-state index contributed by atoms with van der Waals surface area (Å²) in [6.45, 7) is 3.83. The van der Waals surface area contributed by atoms with Gasteiger partial charge in [-0.3, -0.25) is 9.89 Å². The molecule has 1 heterocycles. The van der Waals surface area contributed by atoms with Crippen LogP contribution in [0.1, 0.15) is 25.6 Å². The van der Waals surface area contributed by atoms with Gasteiger partial charge in [0.1, 0.15) is 5.82 Å². The molecular formula is C20H31IN6. The second-order valence-corrected chi connectivity index (χ2v) is 7.14. The molecule has 1 aromatic heterocycles. The molecule has 148 valence electrons. The summed E-state index contributed by atoms with van der Waals surface area (Å²) in [6, 6.07) is 11.5. The summed E-state index contributed by atoms with van der Waals surface area (Å²) in [7, 11) is 6.07. The Morgan fingerprint density at radius 2 is 2.00 bits per heavy atom. The number of benzene rings is 1. The third-order valence-corrected chi connectivity index (χ3v) is 5.05. The van der Waals surface area contributed by atoms with Crippen LogP contribution in [0.15, 0.2) is 41.5 Å². The van der Waals surface area contributed by atoms with Crippen molar-refractivity contribution in [2.75, 3.05) is 27.7 Å². The molecule has 1 aliphatic carbocycles. The fourth-order valence-electron chi connectivity index (χ4n) is 3.12. The van der Waals surface area contributed by atoms with Crippen LogP contribution in [0.4, 0.5) is 0 Å². The molecule has 2 aromatic rings. The van der Waals surface area contributed by atoms with Gasteiger partial charge in [0.05, 0.1) is 18.4 Å². The minimum atomic E-state index is 0. The number of halogens is 1. The lowest BCUT2D eigenvalue weighted by Gasteiger charge is -2.27. The zero-order chi connectivity index (χ0) is 18.5. The van der Waals surface area contributed by atoms with Crippen molar-refractivity contribution >= 4 is 29.9 Å². The summed E-state index contributed by atoms with van der Waals surface area (Å²) in [5, 5.41) is 3.48. The fourth-order valence-corrected chi connectivity index (χ4v) is 3.12. The first-order valence-electron chi connectivity index (χ1n) is 9.31. The third kappa shape index (κ3) is 5.93. The van der Waals surface area contributed by atoms with Crippen LogP contribution in [0.25, 0.3) is 11.3 Å². The Balaban J connectivity index is 0.00000261. The van der Waals surface area contributed by atoms with Crippen LogP contribution in [0.5, 0.6) is 0 Å². The van der Waals surface area contributed by atoms with Gasteiger partial charge in [-0.25, -0.2) is 4.98 Å². The summed E-state index contributed by atoms with van der Waals surface area (Å²) in [5.41, 5.74) is 2.19. The molecule has 0 aliphatic heterocycles. The first-order chi connectivity index (χ1) is 12.6. The third-order valence-electron chi connectivity index (χ3n) is 5.05. The topological polar surface area (TPSA) is 59.6 Å². The molecule has 1 unspecified atom stereocenters. The van der Waals surface area contributed by atoms with E-state index < -0.39 is 0 Å². The van der Waals surface area contributed by atoms with E-state index in [0.717, 1.165) is 35.6 Å². The Kier molecular flexibility index (Phi) is 8.09. The predicted molar refractivity (Wildman–Crippen MR) is 123 cm³/mol. The maximum absolute atomic E-state index is 4.52. The van der Waals surface area contributed by atoms with E-state index in [1.165, 1.54) is 12.8 Å². The van der Waals surface area contributed by atoms with Gasteiger partial charge < -0.3 is 15.2 Å². The summed E-state index contributed by atoms with van der Waals surface area (Å²) in [5.74, 6) is 1.82. The van der Waals surface area contributed by atoms with Crippen molar-refractivity contribution in [2.24, 2.45) is 4.99 Å². The average Bonchev–Trinajstić information content (AvgIpc) is 3.41. The standard InChI is InChI=1S/C20H30N6.HI/c1-15(26(4)17-10-11-17)12-23-20(21-2)25(3)14-19-22-13-18(24-19)16-8-6-5-7-9-16;/h5-9,13,15,17H,10-12,14H2,1-4H3,(H,21,23)(H,22,24);1H. The molecule has 1 saturated carbocycles. The molecule has 6 nitrogen and oxygen atoms in total. The molecule has 1 fully saturated rings. The highest BCUT2D eigenvalue weighted by atomic mass is 127. The number of rotatable bonds is 7. The van der Waals surface area contributed by atoms with Gasteiger partial charge >= 0.3 is 0 Å². The van der Waals surface area contributed by atoms with Gasteiger partial charge in [-0.2, -0.15) is 0 Å². The minimum absolute atomic E-state index is 0. The highest BCUT2D eigenvalue weighted by Crippen LogP contribution is 2.26. The van der Waals surface area contributed by atoms with E-state index in [1.807, 2.05) is 38.5 Å². The van der Waals surface area contributed by atoms with E-state index in [-0.39, 0.29) is 24.0 Å². The Morgan fingerprint density at radius 3 is 2.63 bits per heavy atom. The maximum atomic E-state index is 4.52. The fraction of sp³-hybridized carbons (Fsp3) is 0.500. The quantitative estimate of drug-likeness (QED) is 0.362. The van der Waals surface area contributed by atoms with Crippen LogP contribution in [0, 0.1) is 0 Å². The smallest absolute Gasteiger partial charge is 0.193 e. The van der Waals surface area contributed by atoms with Crippen molar-refractivity contribution in [2.45, 2.75) is 38.4 Å². The van der Waals surface area contributed by atoms with Crippen molar-refractivity contribution in [1.82, 2.24) is 25.1 Å². The van der Waals surface area contributed by atoms with E-state index in [1.54, 1.807) is 0 Å². The number of guanidine groups is 1. The van der Waals surface area contributed by atoms with Crippen molar-refractivity contribution in [3.63, 3.8) is 0 Å². The van der Waals surface area contributed by atoms with Crippen molar-refractivity contribution in [3.8, 4) is 11.3 Å². The minimum Gasteiger partial charge on any atom is -0.355 e. The summed E-state index contributed by atoms with van der Waals surface area (Å²) in [4.78, 5) is 16.9. The van der Waals surface area contributed by atoms with Gasteiger partial charge in [0, 0.05) is 32.7 Å². The Bertz CT molecular complexity index is 725. The van der Waals surface area contributed by atoms with Crippen molar-refractivity contribution in [1.29, 1.82) is 0 Å². The number of imidazole rings is 1. The first-order valence-corrected chi connectivity index (χ1v) is 9.31. The molecule has 7 heteroatoms. The number of H-pyrrole nitrogens is 1. The lowest BCUT2D eigenvalue weighted by molar-refractivity contribution is 0.246. The monoisotopic (exact) mass is 482 g/mol. The van der Waals surface area contributed by atoms with E-state index in [0.29, 0.717) is 12.6 Å². The molecule has 1 atom stereocenters. The average molecular weight is 482 g/mol. The van der Waals surface area contributed by atoms with Gasteiger partial charge in [-0.05, 0) is 32.4 Å². The second kappa shape index (κ2) is 10.1. The molecule has 1 aliphatic rings. The summed E-state index contributed by atoms with van der Waals surface area (Å²) < 4.78 is 0. The molecule has 1 aromatic carbocycles. The van der Waals surface area contributed by atoms with E-state index in [2.05, 4.69) is 56.2 Å². The number of aromatic amines is 1. The molecule has 0 amide bonds.